The molecule has 0 aromatic rings. The van der Waals surface area contributed by atoms with Gasteiger partial charge in [-0.05, 0) is 31.8 Å². The van der Waals surface area contributed by atoms with Crippen molar-refractivity contribution in [3.05, 3.63) is 0 Å². The van der Waals surface area contributed by atoms with Crippen molar-refractivity contribution < 1.29 is 8.42 Å². The van der Waals surface area contributed by atoms with Gasteiger partial charge >= 0.3 is 0 Å². The van der Waals surface area contributed by atoms with E-state index >= 15 is 0 Å². The van der Waals surface area contributed by atoms with E-state index < -0.39 is 19.9 Å². The highest BCUT2D eigenvalue weighted by molar-refractivity contribution is 8.11. The summed E-state index contributed by atoms with van der Waals surface area (Å²) in [6.45, 7) is 10.6. The molecule has 0 spiro atoms. The first-order valence-electron chi connectivity index (χ1n) is 6.49. The fourth-order valence-electron chi connectivity index (χ4n) is 2.19. The zero-order chi connectivity index (χ0) is 13.7. The summed E-state index contributed by atoms with van der Waals surface area (Å²) in [6.07, 6.45) is 4.52. The third-order valence-electron chi connectivity index (χ3n) is 5.19. The van der Waals surface area contributed by atoms with Crippen molar-refractivity contribution in [3.63, 3.8) is 0 Å². The second kappa shape index (κ2) is 4.16. The Labute approximate surface area is 109 Å². The summed E-state index contributed by atoms with van der Waals surface area (Å²) in [5.74, 6) is 2.16. The van der Waals surface area contributed by atoms with Crippen LogP contribution in [0.15, 0.2) is 0 Å². The van der Waals surface area contributed by atoms with Crippen LogP contribution in [0.5, 0.6) is 0 Å². The van der Waals surface area contributed by atoms with Gasteiger partial charge in [0.05, 0.1) is 0 Å². The third kappa shape index (κ3) is 2.67. The summed E-state index contributed by atoms with van der Waals surface area (Å²) >= 11 is 0. The van der Waals surface area contributed by atoms with E-state index in [2.05, 4.69) is 34.6 Å². The number of rotatable bonds is 5. The second-order valence-corrected chi connectivity index (χ2v) is 14.7. The maximum absolute atomic E-state index is 12.7. The number of thiol groups is 2. The topological polar surface area (TPSA) is 34.1 Å². The van der Waals surface area contributed by atoms with E-state index in [1.807, 2.05) is 12.5 Å². The van der Waals surface area contributed by atoms with E-state index in [0.29, 0.717) is 5.92 Å². The van der Waals surface area contributed by atoms with E-state index in [0.717, 1.165) is 17.9 Å². The highest BCUT2D eigenvalue weighted by Gasteiger charge is 2.57. The Bertz CT molecular complexity index is 392. The SMILES string of the molecule is CC(C)C1(C)C[SH]1(=O)CCC(C)(C)[SH](C)(C)=O. The first kappa shape index (κ1) is 15.4. The first-order chi connectivity index (χ1) is 7.36. The summed E-state index contributed by atoms with van der Waals surface area (Å²) in [5, 5.41) is 0. The smallest absolute Gasteiger partial charge is 0.0330 e. The first-order valence-corrected chi connectivity index (χ1v) is 11.2. The van der Waals surface area contributed by atoms with Crippen molar-refractivity contribution in [1.82, 2.24) is 0 Å². The van der Waals surface area contributed by atoms with Crippen LogP contribution in [0.4, 0.5) is 0 Å². The molecule has 1 aliphatic heterocycles. The molecule has 17 heavy (non-hydrogen) atoms. The van der Waals surface area contributed by atoms with Gasteiger partial charge in [-0.3, -0.25) is 8.42 Å². The van der Waals surface area contributed by atoms with Gasteiger partial charge < -0.3 is 0 Å². The summed E-state index contributed by atoms with van der Waals surface area (Å²) in [5.41, 5.74) is 0. The normalized spacial score (nSPS) is 31.3. The minimum Gasteiger partial charge on any atom is -0.285 e. The largest absolute Gasteiger partial charge is 0.285 e. The zero-order valence-electron chi connectivity index (χ0n) is 12.4. The van der Waals surface area contributed by atoms with Crippen LogP contribution in [0, 0.1) is 5.92 Å². The van der Waals surface area contributed by atoms with Crippen molar-refractivity contribution in [1.29, 1.82) is 0 Å². The van der Waals surface area contributed by atoms with Crippen LogP contribution in [0.3, 0.4) is 0 Å². The van der Waals surface area contributed by atoms with Crippen molar-refractivity contribution in [2.24, 2.45) is 5.92 Å². The Morgan fingerprint density at radius 2 is 1.82 bits per heavy atom. The molecule has 0 aliphatic carbocycles. The third-order valence-corrected chi connectivity index (χ3v) is 12.6. The molecule has 0 amide bonds. The quantitative estimate of drug-likeness (QED) is 0.596. The standard InChI is InChI=1S/C13H30O2S2/c1-11(2)13(5)10-17(13,15)9-8-12(3,4)16(6,7)14/h11,16-17H,8-10H2,1-7H3. The van der Waals surface area contributed by atoms with Gasteiger partial charge in [-0.25, -0.2) is 0 Å². The fourth-order valence-corrected chi connectivity index (χ4v) is 7.35. The highest BCUT2D eigenvalue weighted by atomic mass is 32.3. The van der Waals surface area contributed by atoms with Crippen LogP contribution < -0.4 is 0 Å². The molecule has 1 unspecified atom stereocenters. The average molecular weight is 283 g/mol. The number of hydrogen-bond donors (Lipinski definition) is 2. The van der Waals surface area contributed by atoms with Crippen molar-refractivity contribution in [2.45, 2.75) is 50.5 Å². The molecule has 1 saturated heterocycles. The highest BCUT2D eigenvalue weighted by Crippen LogP contribution is 2.50. The molecule has 4 heteroatoms. The lowest BCUT2D eigenvalue weighted by Crippen LogP contribution is -2.38. The van der Waals surface area contributed by atoms with E-state index in [1.165, 1.54) is 0 Å². The van der Waals surface area contributed by atoms with Crippen LogP contribution in [0.25, 0.3) is 0 Å². The lowest BCUT2D eigenvalue weighted by atomic mass is 10.0. The number of hydrogen-bond acceptors (Lipinski definition) is 2. The molecule has 2 nitrogen and oxygen atoms in total. The summed E-state index contributed by atoms with van der Waals surface area (Å²) in [7, 11) is -4.09. The Morgan fingerprint density at radius 3 is 2.12 bits per heavy atom. The molecule has 1 heterocycles. The average Bonchev–Trinajstić information content (AvgIpc) is 2.67. The molecule has 1 rings (SSSR count). The van der Waals surface area contributed by atoms with E-state index in [1.54, 1.807) is 0 Å². The Hall–Kier alpha value is 0.300. The molecule has 0 radical (unpaired) electrons. The predicted octanol–water partition coefficient (Wildman–Crippen LogP) is 1.88. The molecular weight excluding hydrogens is 252 g/mol. The lowest BCUT2D eigenvalue weighted by molar-refractivity contribution is 0.540. The van der Waals surface area contributed by atoms with Crippen LogP contribution >= 0.6 is 0 Å². The van der Waals surface area contributed by atoms with Crippen LogP contribution in [-0.4, -0.2) is 41.9 Å². The summed E-state index contributed by atoms with van der Waals surface area (Å²) in [6, 6.07) is 0. The monoisotopic (exact) mass is 282 g/mol. The van der Waals surface area contributed by atoms with Crippen molar-refractivity contribution in [2.75, 3.05) is 24.0 Å². The van der Waals surface area contributed by atoms with E-state index in [-0.39, 0.29) is 9.49 Å². The van der Waals surface area contributed by atoms with E-state index in [4.69, 9.17) is 0 Å². The molecular formula is C13H30O2S2. The Morgan fingerprint density at radius 1 is 1.35 bits per heavy atom. The van der Waals surface area contributed by atoms with Crippen molar-refractivity contribution >= 4 is 19.9 Å². The van der Waals surface area contributed by atoms with Gasteiger partial charge in [0.1, 0.15) is 0 Å². The Balaban J connectivity index is 2.67. The Kier molecular flexibility index (Phi) is 3.75. The van der Waals surface area contributed by atoms with Gasteiger partial charge in [0, 0.05) is 21.0 Å². The van der Waals surface area contributed by atoms with Crippen LogP contribution in [0.1, 0.15) is 41.0 Å². The minimum absolute atomic E-state index is 0.0640. The summed E-state index contributed by atoms with van der Waals surface area (Å²) < 4.78 is 24.8. The second-order valence-electron chi connectivity index (χ2n) is 7.20. The predicted molar refractivity (Wildman–Crippen MR) is 82.6 cm³/mol. The maximum atomic E-state index is 12.7. The van der Waals surface area contributed by atoms with Gasteiger partial charge in [0.15, 0.2) is 0 Å². The summed E-state index contributed by atoms with van der Waals surface area (Å²) in [4.78, 5) is 0. The molecule has 0 saturated carbocycles. The van der Waals surface area contributed by atoms with Gasteiger partial charge in [0.25, 0.3) is 0 Å². The molecule has 1 fully saturated rings. The van der Waals surface area contributed by atoms with Gasteiger partial charge in [-0.2, -0.15) is 0 Å². The lowest BCUT2D eigenvalue weighted by Gasteiger charge is -2.34. The minimum atomic E-state index is -2.11. The van der Waals surface area contributed by atoms with Gasteiger partial charge in [-0.1, -0.05) is 37.6 Å². The fraction of sp³-hybridized carbons (Fsp3) is 1.00. The molecule has 1 atom stereocenters. The van der Waals surface area contributed by atoms with Crippen LogP contribution in [0.2, 0.25) is 0 Å². The molecule has 0 aromatic heterocycles. The van der Waals surface area contributed by atoms with Crippen LogP contribution in [-0.2, 0) is 19.9 Å². The molecule has 0 aromatic carbocycles. The molecule has 1 aliphatic rings. The van der Waals surface area contributed by atoms with Gasteiger partial charge in [0.2, 0.25) is 0 Å². The zero-order valence-corrected chi connectivity index (χ0v) is 14.2. The van der Waals surface area contributed by atoms with Crippen molar-refractivity contribution in [3.8, 4) is 0 Å². The molecule has 0 bridgehead atoms. The molecule has 106 valence electrons. The van der Waals surface area contributed by atoms with Gasteiger partial charge in [-0.15, -0.1) is 9.93 Å². The molecule has 0 N–H and O–H groups in total. The maximum Gasteiger partial charge on any atom is 0.0330 e. The van der Waals surface area contributed by atoms with E-state index in [9.17, 15) is 8.42 Å².